The van der Waals surface area contributed by atoms with Crippen molar-refractivity contribution in [2.45, 2.75) is 19.5 Å². The van der Waals surface area contributed by atoms with Crippen molar-refractivity contribution < 1.29 is 0 Å². The Kier molecular flexibility index (Phi) is 4.29. The van der Waals surface area contributed by atoms with Gasteiger partial charge in [-0.3, -0.25) is 9.58 Å². The number of hydrogen-bond acceptors (Lipinski definition) is 3. The third-order valence-corrected chi connectivity index (χ3v) is 4.64. The smallest absolute Gasteiger partial charge is 0.0860 e. The first-order valence-electron chi connectivity index (χ1n) is 7.34. The van der Waals surface area contributed by atoms with Crippen molar-refractivity contribution in [3.05, 3.63) is 52.3 Å². The van der Waals surface area contributed by atoms with Gasteiger partial charge in [0.05, 0.1) is 16.4 Å². The summed E-state index contributed by atoms with van der Waals surface area (Å²) < 4.78 is 1.90. The number of halogens is 1. The van der Waals surface area contributed by atoms with Crippen LogP contribution in [0, 0.1) is 6.92 Å². The number of rotatable bonds is 3. The van der Waals surface area contributed by atoms with E-state index in [1.54, 1.807) is 0 Å². The molecule has 0 bridgehead atoms. The molecule has 1 unspecified atom stereocenters. The molecule has 112 valence electrons. The number of hydrogen-bond donors (Lipinski definition) is 1. The first-order chi connectivity index (χ1) is 10.2. The maximum atomic E-state index is 6.40. The standard InChI is InChI=1S/C16H21ClN4/c1-12-16(17)15(20(2)19-12)11-21-9-8-18-10-14(21)13-6-4-3-5-7-13/h3-7,14,18H,8-11H2,1-2H3. The Labute approximate surface area is 130 Å². The van der Waals surface area contributed by atoms with Crippen molar-refractivity contribution in [3.63, 3.8) is 0 Å². The molecule has 3 rings (SSSR count). The molecule has 0 amide bonds. The van der Waals surface area contributed by atoms with E-state index in [1.165, 1.54) is 5.56 Å². The highest BCUT2D eigenvalue weighted by atomic mass is 35.5. The lowest BCUT2D eigenvalue weighted by Crippen LogP contribution is -2.45. The summed E-state index contributed by atoms with van der Waals surface area (Å²) in [6.45, 7) is 5.78. The van der Waals surface area contributed by atoms with Crippen LogP contribution in [-0.4, -0.2) is 34.3 Å². The van der Waals surface area contributed by atoms with E-state index in [2.05, 4.69) is 45.6 Å². The van der Waals surface area contributed by atoms with Gasteiger partial charge in [-0.05, 0) is 12.5 Å². The van der Waals surface area contributed by atoms with Crippen LogP contribution >= 0.6 is 11.6 Å². The van der Waals surface area contributed by atoms with Crippen LogP contribution < -0.4 is 5.32 Å². The Balaban J connectivity index is 1.85. The zero-order chi connectivity index (χ0) is 14.8. The van der Waals surface area contributed by atoms with Gasteiger partial charge in [-0.1, -0.05) is 41.9 Å². The SMILES string of the molecule is Cc1nn(C)c(CN2CCNCC2c2ccccc2)c1Cl. The quantitative estimate of drug-likeness (QED) is 0.946. The number of aromatic nitrogens is 2. The van der Waals surface area contributed by atoms with Gasteiger partial charge in [0.1, 0.15) is 0 Å². The van der Waals surface area contributed by atoms with Crippen LogP contribution in [0.2, 0.25) is 5.02 Å². The molecule has 2 heterocycles. The van der Waals surface area contributed by atoms with Gasteiger partial charge < -0.3 is 5.32 Å². The average molecular weight is 305 g/mol. The summed E-state index contributed by atoms with van der Waals surface area (Å²) in [7, 11) is 1.97. The fourth-order valence-electron chi connectivity index (χ4n) is 2.98. The molecule has 1 aromatic heterocycles. The Hall–Kier alpha value is -1.36. The number of aryl methyl sites for hydroxylation is 2. The topological polar surface area (TPSA) is 33.1 Å². The van der Waals surface area contributed by atoms with Crippen molar-refractivity contribution in [1.29, 1.82) is 0 Å². The molecule has 4 nitrogen and oxygen atoms in total. The van der Waals surface area contributed by atoms with E-state index >= 15 is 0 Å². The highest BCUT2D eigenvalue weighted by molar-refractivity contribution is 6.31. The van der Waals surface area contributed by atoms with Gasteiger partial charge in [-0.15, -0.1) is 0 Å². The third kappa shape index (κ3) is 2.98. The largest absolute Gasteiger partial charge is 0.314 e. The summed E-state index contributed by atoms with van der Waals surface area (Å²) in [5.41, 5.74) is 3.34. The summed E-state index contributed by atoms with van der Waals surface area (Å²) in [6, 6.07) is 11.0. The molecular formula is C16H21ClN4. The fourth-order valence-corrected chi connectivity index (χ4v) is 3.20. The molecular weight excluding hydrogens is 284 g/mol. The van der Waals surface area contributed by atoms with Crippen LogP contribution in [0.3, 0.4) is 0 Å². The number of benzene rings is 1. The van der Waals surface area contributed by atoms with Crippen molar-refractivity contribution in [2.24, 2.45) is 7.05 Å². The Morgan fingerprint density at radius 1 is 1.33 bits per heavy atom. The summed E-state index contributed by atoms with van der Waals surface area (Å²) in [4.78, 5) is 2.48. The fraction of sp³-hybridized carbons (Fsp3) is 0.438. The molecule has 1 aliphatic heterocycles. The maximum absolute atomic E-state index is 6.40. The van der Waals surface area contributed by atoms with E-state index < -0.39 is 0 Å². The van der Waals surface area contributed by atoms with Gasteiger partial charge in [0.25, 0.3) is 0 Å². The zero-order valence-electron chi connectivity index (χ0n) is 12.5. The first kappa shape index (κ1) is 14.6. The van der Waals surface area contributed by atoms with Crippen LogP contribution in [0.25, 0.3) is 0 Å². The van der Waals surface area contributed by atoms with E-state index in [0.29, 0.717) is 6.04 Å². The lowest BCUT2D eigenvalue weighted by atomic mass is 10.0. The van der Waals surface area contributed by atoms with Crippen LogP contribution in [0.1, 0.15) is 23.0 Å². The van der Waals surface area contributed by atoms with E-state index in [1.807, 2.05) is 18.7 Å². The second-order valence-electron chi connectivity index (χ2n) is 5.57. The van der Waals surface area contributed by atoms with Gasteiger partial charge in [0, 0.05) is 39.3 Å². The zero-order valence-corrected chi connectivity index (χ0v) is 13.3. The Morgan fingerprint density at radius 2 is 2.10 bits per heavy atom. The monoisotopic (exact) mass is 304 g/mol. The number of nitrogens with one attached hydrogen (secondary N) is 1. The highest BCUT2D eigenvalue weighted by Crippen LogP contribution is 2.27. The molecule has 0 radical (unpaired) electrons. The van der Waals surface area contributed by atoms with E-state index in [4.69, 9.17) is 11.6 Å². The number of piperazine rings is 1. The molecule has 2 aromatic rings. The third-order valence-electron chi connectivity index (χ3n) is 4.15. The summed E-state index contributed by atoms with van der Waals surface area (Å²) >= 11 is 6.40. The molecule has 5 heteroatoms. The second kappa shape index (κ2) is 6.18. The molecule has 1 aromatic carbocycles. The van der Waals surface area contributed by atoms with Crippen LogP contribution in [0.15, 0.2) is 30.3 Å². The molecule has 0 spiro atoms. The average Bonchev–Trinajstić information content (AvgIpc) is 2.75. The van der Waals surface area contributed by atoms with Crippen LogP contribution in [-0.2, 0) is 13.6 Å². The van der Waals surface area contributed by atoms with Gasteiger partial charge in [0.15, 0.2) is 0 Å². The minimum absolute atomic E-state index is 0.381. The van der Waals surface area contributed by atoms with Gasteiger partial charge in [0.2, 0.25) is 0 Å². The molecule has 1 N–H and O–H groups in total. The second-order valence-corrected chi connectivity index (χ2v) is 5.95. The van der Waals surface area contributed by atoms with Crippen molar-refractivity contribution in [2.75, 3.05) is 19.6 Å². The maximum Gasteiger partial charge on any atom is 0.0860 e. The highest BCUT2D eigenvalue weighted by Gasteiger charge is 2.25. The van der Waals surface area contributed by atoms with Gasteiger partial charge in [-0.2, -0.15) is 5.10 Å². The van der Waals surface area contributed by atoms with Gasteiger partial charge >= 0.3 is 0 Å². The van der Waals surface area contributed by atoms with E-state index in [9.17, 15) is 0 Å². The first-order valence-corrected chi connectivity index (χ1v) is 7.72. The number of nitrogens with zero attached hydrogens (tertiary/aromatic N) is 3. The lowest BCUT2D eigenvalue weighted by molar-refractivity contribution is 0.150. The predicted molar refractivity (Wildman–Crippen MR) is 85.4 cm³/mol. The molecule has 1 fully saturated rings. The van der Waals surface area contributed by atoms with Crippen LogP contribution in [0.5, 0.6) is 0 Å². The summed E-state index contributed by atoms with van der Waals surface area (Å²) in [5, 5.41) is 8.70. The minimum atomic E-state index is 0.381. The van der Waals surface area contributed by atoms with Crippen LogP contribution in [0.4, 0.5) is 0 Å². The lowest BCUT2D eigenvalue weighted by Gasteiger charge is -2.36. The minimum Gasteiger partial charge on any atom is -0.314 e. The Morgan fingerprint density at radius 3 is 2.76 bits per heavy atom. The molecule has 0 saturated carbocycles. The molecule has 1 saturated heterocycles. The van der Waals surface area contributed by atoms with Crippen molar-refractivity contribution in [3.8, 4) is 0 Å². The van der Waals surface area contributed by atoms with E-state index in [0.717, 1.165) is 42.6 Å². The summed E-state index contributed by atoms with van der Waals surface area (Å²) in [5.74, 6) is 0. The predicted octanol–water partition coefficient (Wildman–Crippen LogP) is 2.53. The summed E-state index contributed by atoms with van der Waals surface area (Å²) in [6.07, 6.45) is 0. The normalized spacial score (nSPS) is 19.9. The van der Waals surface area contributed by atoms with E-state index in [-0.39, 0.29) is 0 Å². The molecule has 0 aliphatic carbocycles. The Bertz CT molecular complexity index is 608. The van der Waals surface area contributed by atoms with Crippen molar-refractivity contribution in [1.82, 2.24) is 20.0 Å². The molecule has 1 aliphatic rings. The van der Waals surface area contributed by atoms with Gasteiger partial charge in [-0.25, -0.2) is 0 Å². The van der Waals surface area contributed by atoms with Crippen molar-refractivity contribution >= 4 is 11.6 Å². The molecule has 1 atom stereocenters. The molecule has 21 heavy (non-hydrogen) atoms.